The second-order valence-electron chi connectivity index (χ2n) is 9.62. The number of esters is 1. The standard InChI is InChI=1S/C28H30F6N2O7/c1-6-43-26(39)36-15(2)7-20(19-11-22(40-3)23(41-4)12-21(19)36)35(24(37)13-25(38)42-5)14-16-8-17(27(29,30)31)10-18(9-16)28(32,33)34/h8-12,15,20H,6-7,13-14H2,1-5H3. The van der Waals surface area contributed by atoms with Crippen LogP contribution in [0.15, 0.2) is 30.3 Å². The molecule has 3 rings (SSSR count). The highest BCUT2D eigenvalue weighted by Gasteiger charge is 2.41. The van der Waals surface area contributed by atoms with E-state index in [2.05, 4.69) is 4.74 Å². The summed E-state index contributed by atoms with van der Waals surface area (Å²) in [6.07, 6.45) is -11.8. The van der Waals surface area contributed by atoms with Crippen LogP contribution in [0.1, 0.15) is 55.0 Å². The molecule has 236 valence electrons. The van der Waals surface area contributed by atoms with Gasteiger partial charge in [0.2, 0.25) is 5.91 Å². The SMILES string of the molecule is CCOC(=O)N1c2cc(OC)c(OC)cc2C(N(Cc2cc(C(F)(F)F)cc(C(F)(F)F)c2)C(=O)CC(=O)OC)CC1C. The minimum absolute atomic E-state index is 0.0174. The molecule has 0 saturated heterocycles. The molecule has 0 spiro atoms. The van der Waals surface area contributed by atoms with Crippen molar-refractivity contribution in [2.75, 3.05) is 32.8 Å². The van der Waals surface area contributed by atoms with Crippen LogP contribution in [0.5, 0.6) is 11.5 Å². The number of amides is 2. The summed E-state index contributed by atoms with van der Waals surface area (Å²) in [5, 5.41) is 0. The van der Waals surface area contributed by atoms with Gasteiger partial charge in [-0.15, -0.1) is 0 Å². The molecule has 0 bridgehead atoms. The minimum atomic E-state index is -5.12. The molecule has 2 aromatic rings. The van der Waals surface area contributed by atoms with Crippen LogP contribution in [0.4, 0.5) is 36.8 Å². The average molecular weight is 621 g/mol. The van der Waals surface area contributed by atoms with E-state index in [4.69, 9.17) is 14.2 Å². The molecule has 2 atom stereocenters. The summed E-state index contributed by atoms with van der Waals surface area (Å²) in [6.45, 7) is 2.52. The smallest absolute Gasteiger partial charge is 0.416 e. The van der Waals surface area contributed by atoms with E-state index >= 15 is 0 Å². The quantitative estimate of drug-likeness (QED) is 0.199. The molecule has 1 aliphatic heterocycles. The van der Waals surface area contributed by atoms with Crippen LogP contribution in [0.3, 0.4) is 0 Å². The Labute approximate surface area is 243 Å². The zero-order chi connectivity index (χ0) is 32.3. The van der Waals surface area contributed by atoms with Crippen LogP contribution < -0.4 is 14.4 Å². The summed E-state index contributed by atoms with van der Waals surface area (Å²) < 4.78 is 102. The van der Waals surface area contributed by atoms with Crippen molar-refractivity contribution in [3.05, 3.63) is 52.6 Å². The van der Waals surface area contributed by atoms with Gasteiger partial charge >= 0.3 is 24.4 Å². The van der Waals surface area contributed by atoms with Gasteiger partial charge in [0.25, 0.3) is 0 Å². The van der Waals surface area contributed by atoms with Crippen LogP contribution in [0, 0.1) is 0 Å². The van der Waals surface area contributed by atoms with Crippen LogP contribution >= 0.6 is 0 Å². The van der Waals surface area contributed by atoms with Gasteiger partial charge in [-0.1, -0.05) is 0 Å². The topological polar surface area (TPSA) is 94.6 Å². The fourth-order valence-electron chi connectivity index (χ4n) is 4.90. The number of methoxy groups -OCH3 is 3. The fourth-order valence-corrected chi connectivity index (χ4v) is 4.90. The summed E-state index contributed by atoms with van der Waals surface area (Å²) in [5.74, 6) is -1.54. The molecule has 0 N–H and O–H groups in total. The first kappa shape index (κ1) is 33.3. The Morgan fingerprint density at radius 2 is 1.47 bits per heavy atom. The molecule has 0 saturated carbocycles. The normalized spacial score (nSPS) is 16.7. The van der Waals surface area contributed by atoms with Gasteiger partial charge < -0.3 is 23.8 Å². The van der Waals surface area contributed by atoms with E-state index in [0.29, 0.717) is 12.1 Å². The maximum absolute atomic E-state index is 13.6. The molecule has 0 aromatic heterocycles. The zero-order valence-corrected chi connectivity index (χ0v) is 23.9. The monoisotopic (exact) mass is 620 g/mol. The Bertz CT molecular complexity index is 1330. The average Bonchev–Trinajstić information content (AvgIpc) is 2.93. The first-order chi connectivity index (χ1) is 20.0. The van der Waals surface area contributed by atoms with Gasteiger partial charge in [0.15, 0.2) is 11.5 Å². The van der Waals surface area contributed by atoms with Crippen LogP contribution in [0.2, 0.25) is 0 Å². The van der Waals surface area contributed by atoms with E-state index in [9.17, 15) is 40.7 Å². The van der Waals surface area contributed by atoms with E-state index < -0.39 is 72.1 Å². The molecule has 43 heavy (non-hydrogen) atoms. The van der Waals surface area contributed by atoms with E-state index in [1.54, 1.807) is 13.8 Å². The van der Waals surface area contributed by atoms with Gasteiger partial charge in [-0.3, -0.25) is 14.5 Å². The third-order valence-electron chi connectivity index (χ3n) is 6.84. The number of benzene rings is 2. The van der Waals surface area contributed by atoms with Crippen LogP contribution in [-0.2, 0) is 38.0 Å². The number of carbonyl (C=O) groups excluding carboxylic acids is 3. The van der Waals surface area contributed by atoms with Crippen molar-refractivity contribution in [3.63, 3.8) is 0 Å². The lowest BCUT2D eigenvalue weighted by molar-refractivity contribution is -0.148. The Morgan fingerprint density at radius 1 is 0.907 bits per heavy atom. The number of hydrogen-bond donors (Lipinski definition) is 0. The fraction of sp³-hybridized carbons (Fsp3) is 0.464. The highest BCUT2D eigenvalue weighted by molar-refractivity contribution is 5.95. The number of carbonyl (C=O) groups is 3. The Kier molecular flexibility index (Phi) is 10.1. The molecular weight excluding hydrogens is 590 g/mol. The third kappa shape index (κ3) is 7.43. The predicted molar refractivity (Wildman–Crippen MR) is 139 cm³/mol. The maximum Gasteiger partial charge on any atom is 0.416 e. The van der Waals surface area contributed by atoms with E-state index in [-0.39, 0.29) is 41.8 Å². The zero-order valence-electron chi connectivity index (χ0n) is 23.9. The first-order valence-corrected chi connectivity index (χ1v) is 12.9. The number of nitrogens with zero attached hydrogens (tertiary/aromatic N) is 2. The van der Waals surface area contributed by atoms with Crippen molar-refractivity contribution < 1.29 is 59.7 Å². The summed E-state index contributed by atoms with van der Waals surface area (Å²) in [7, 11) is 3.70. The van der Waals surface area contributed by atoms with Crippen LogP contribution in [-0.4, -0.2) is 56.8 Å². The lowest BCUT2D eigenvalue weighted by Crippen LogP contribution is -2.48. The van der Waals surface area contributed by atoms with Crippen molar-refractivity contribution >= 4 is 23.7 Å². The highest BCUT2D eigenvalue weighted by atomic mass is 19.4. The molecule has 1 aliphatic rings. The maximum atomic E-state index is 13.6. The molecule has 2 amide bonds. The van der Waals surface area contributed by atoms with Gasteiger partial charge in [0.05, 0.1) is 50.8 Å². The lowest BCUT2D eigenvalue weighted by Gasteiger charge is -2.43. The molecule has 1 heterocycles. The molecule has 0 radical (unpaired) electrons. The summed E-state index contributed by atoms with van der Waals surface area (Å²) in [5.41, 5.74) is -3.14. The van der Waals surface area contributed by atoms with Crippen molar-refractivity contribution in [1.29, 1.82) is 0 Å². The summed E-state index contributed by atoms with van der Waals surface area (Å²) in [4.78, 5) is 40.8. The lowest BCUT2D eigenvalue weighted by atomic mass is 9.89. The van der Waals surface area contributed by atoms with Gasteiger partial charge in [0.1, 0.15) is 6.42 Å². The van der Waals surface area contributed by atoms with Gasteiger partial charge in [-0.05, 0) is 50.1 Å². The third-order valence-corrected chi connectivity index (χ3v) is 6.84. The summed E-state index contributed by atoms with van der Waals surface area (Å²) in [6, 6.07) is 2.18. The predicted octanol–water partition coefficient (Wildman–Crippen LogP) is 6.13. The molecule has 0 aliphatic carbocycles. The molecular formula is C28H30F6N2O7. The van der Waals surface area contributed by atoms with Gasteiger partial charge in [0, 0.05) is 24.2 Å². The number of hydrogen-bond acceptors (Lipinski definition) is 7. The van der Waals surface area contributed by atoms with E-state index in [1.807, 2.05) is 0 Å². The number of alkyl halides is 6. The van der Waals surface area contributed by atoms with Gasteiger partial charge in [-0.25, -0.2) is 4.79 Å². The minimum Gasteiger partial charge on any atom is -0.493 e. The Balaban J connectivity index is 2.25. The number of ether oxygens (including phenoxy) is 4. The summed E-state index contributed by atoms with van der Waals surface area (Å²) >= 11 is 0. The molecule has 15 heteroatoms. The molecule has 2 unspecified atom stereocenters. The van der Waals surface area contributed by atoms with Gasteiger partial charge in [-0.2, -0.15) is 26.3 Å². The number of anilines is 1. The van der Waals surface area contributed by atoms with Crippen molar-refractivity contribution in [2.24, 2.45) is 0 Å². The second kappa shape index (κ2) is 13.0. The second-order valence-corrected chi connectivity index (χ2v) is 9.62. The molecule has 0 fully saturated rings. The molecule has 2 aromatic carbocycles. The van der Waals surface area contributed by atoms with Crippen molar-refractivity contribution in [3.8, 4) is 11.5 Å². The largest absolute Gasteiger partial charge is 0.493 e. The Hall–Kier alpha value is -4.17. The highest BCUT2D eigenvalue weighted by Crippen LogP contribution is 2.47. The number of fused-ring (bicyclic) bond motifs is 1. The molecule has 9 nitrogen and oxygen atoms in total. The van der Waals surface area contributed by atoms with Crippen molar-refractivity contribution in [1.82, 2.24) is 4.90 Å². The Morgan fingerprint density at radius 3 is 1.95 bits per heavy atom. The van der Waals surface area contributed by atoms with Crippen molar-refractivity contribution in [2.45, 2.75) is 57.7 Å². The van der Waals surface area contributed by atoms with E-state index in [0.717, 1.165) is 12.0 Å². The first-order valence-electron chi connectivity index (χ1n) is 12.9. The number of rotatable bonds is 8. The number of halogens is 6. The van der Waals surface area contributed by atoms with Crippen LogP contribution in [0.25, 0.3) is 0 Å². The van der Waals surface area contributed by atoms with E-state index in [1.165, 1.54) is 31.3 Å².